The molecule has 4 aromatic rings. The molecule has 0 aliphatic rings. The number of aryl methyl sites for hydroxylation is 1. The molecule has 4 rings (SSSR count). The molecular weight excluding hydrogens is 388 g/mol. The van der Waals surface area contributed by atoms with Gasteiger partial charge in [0.25, 0.3) is 0 Å². The Balaban J connectivity index is 1.67. The third-order valence-electron chi connectivity index (χ3n) is 4.30. The zero-order valence-electron chi connectivity index (χ0n) is 15.8. The Labute approximate surface area is 173 Å². The standard InChI is InChI=1S/C21H19ClN6O/c1-28-20(11-18(27-28)17-4-2-3-9-24-17)29-19-10-15(22)5-6-16(19)21-25-12-14(7-8-23)13-26-21/h2-6,9-13H,7-8,23H2,1H3. The predicted molar refractivity (Wildman–Crippen MR) is 112 cm³/mol. The molecular formula is C21H19ClN6O. The highest BCUT2D eigenvalue weighted by Gasteiger charge is 2.15. The molecule has 146 valence electrons. The Bertz CT molecular complexity index is 1110. The lowest BCUT2D eigenvalue weighted by atomic mass is 10.1. The van der Waals surface area contributed by atoms with Crippen molar-refractivity contribution < 1.29 is 4.74 Å². The monoisotopic (exact) mass is 406 g/mol. The molecule has 7 nitrogen and oxygen atoms in total. The van der Waals surface area contributed by atoms with Crippen LogP contribution in [-0.4, -0.2) is 31.3 Å². The first-order chi connectivity index (χ1) is 14.1. The second-order valence-electron chi connectivity index (χ2n) is 6.40. The predicted octanol–water partition coefficient (Wildman–Crippen LogP) is 3.89. The van der Waals surface area contributed by atoms with Gasteiger partial charge in [-0.15, -0.1) is 0 Å². The first-order valence-electron chi connectivity index (χ1n) is 9.08. The van der Waals surface area contributed by atoms with Crippen molar-refractivity contribution in [3.05, 3.63) is 71.6 Å². The van der Waals surface area contributed by atoms with Crippen molar-refractivity contribution in [2.45, 2.75) is 6.42 Å². The van der Waals surface area contributed by atoms with E-state index in [1.807, 2.05) is 37.4 Å². The summed E-state index contributed by atoms with van der Waals surface area (Å²) in [5, 5.41) is 5.04. The number of nitrogens with zero attached hydrogens (tertiary/aromatic N) is 5. The lowest BCUT2D eigenvalue weighted by Gasteiger charge is -2.11. The smallest absolute Gasteiger partial charge is 0.218 e. The van der Waals surface area contributed by atoms with Crippen LogP contribution in [0.25, 0.3) is 22.8 Å². The summed E-state index contributed by atoms with van der Waals surface area (Å²) in [6.07, 6.45) is 6.01. The molecule has 2 N–H and O–H groups in total. The van der Waals surface area contributed by atoms with Gasteiger partial charge in [0.05, 0.1) is 11.3 Å². The van der Waals surface area contributed by atoms with Crippen molar-refractivity contribution >= 4 is 11.6 Å². The quantitative estimate of drug-likeness (QED) is 0.522. The number of benzene rings is 1. The molecule has 1 aromatic carbocycles. The number of rotatable bonds is 6. The molecule has 0 saturated heterocycles. The molecule has 0 bridgehead atoms. The minimum atomic E-state index is 0.541. The Morgan fingerprint density at radius 3 is 2.59 bits per heavy atom. The van der Waals surface area contributed by atoms with Crippen LogP contribution >= 0.6 is 11.6 Å². The van der Waals surface area contributed by atoms with Crippen molar-refractivity contribution in [2.75, 3.05) is 6.54 Å². The fourth-order valence-corrected chi connectivity index (χ4v) is 3.01. The molecule has 0 spiro atoms. The zero-order valence-corrected chi connectivity index (χ0v) is 16.5. The molecule has 0 amide bonds. The molecule has 0 atom stereocenters. The summed E-state index contributed by atoms with van der Waals surface area (Å²) >= 11 is 6.21. The third-order valence-corrected chi connectivity index (χ3v) is 4.54. The van der Waals surface area contributed by atoms with Crippen LogP contribution in [0.15, 0.2) is 61.1 Å². The van der Waals surface area contributed by atoms with Gasteiger partial charge >= 0.3 is 0 Å². The number of ether oxygens (including phenoxy) is 1. The van der Waals surface area contributed by atoms with E-state index in [2.05, 4.69) is 20.1 Å². The lowest BCUT2D eigenvalue weighted by molar-refractivity contribution is 0.432. The molecule has 0 fully saturated rings. The lowest BCUT2D eigenvalue weighted by Crippen LogP contribution is -2.04. The Morgan fingerprint density at radius 1 is 1.03 bits per heavy atom. The van der Waals surface area contributed by atoms with Gasteiger partial charge in [-0.25, -0.2) is 14.6 Å². The summed E-state index contributed by atoms with van der Waals surface area (Å²) in [4.78, 5) is 13.2. The van der Waals surface area contributed by atoms with E-state index < -0.39 is 0 Å². The highest BCUT2D eigenvalue weighted by molar-refractivity contribution is 6.30. The van der Waals surface area contributed by atoms with Gasteiger partial charge in [0, 0.05) is 42.8 Å². The van der Waals surface area contributed by atoms with Crippen LogP contribution < -0.4 is 10.5 Å². The van der Waals surface area contributed by atoms with E-state index in [0.29, 0.717) is 34.7 Å². The summed E-state index contributed by atoms with van der Waals surface area (Å²) in [5.41, 5.74) is 8.79. The second kappa shape index (κ2) is 8.38. The molecule has 0 aliphatic heterocycles. The summed E-state index contributed by atoms with van der Waals surface area (Å²) < 4.78 is 7.80. The SMILES string of the molecule is Cn1nc(-c2ccccn2)cc1Oc1cc(Cl)ccc1-c1ncc(CCN)cn1. The molecule has 0 aliphatic carbocycles. The van der Waals surface area contributed by atoms with Crippen molar-refractivity contribution in [2.24, 2.45) is 12.8 Å². The van der Waals surface area contributed by atoms with Crippen LogP contribution in [0.5, 0.6) is 11.6 Å². The van der Waals surface area contributed by atoms with Crippen molar-refractivity contribution in [1.29, 1.82) is 0 Å². The Morgan fingerprint density at radius 2 is 1.86 bits per heavy atom. The minimum Gasteiger partial charge on any atom is -0.438 e. The summed E-state index contributed by atoms with van der Waals surface area (Å²) in [5.74, 6) is 1.64. The fraction of sp³-hybridized carbons (Fsp3) is 0.143. The van der Waals surface area contributed by atoms with Crippen LogP contribution in [-0.2, 0) is 13.5 Å². The van der Waals surface area contributed by atoms with Crippen molar-refractivity contribution in [1.82, 2.24) is 24.7 Å². The van der Waals surface area contributed by atoms with Gasteiger partial charge in [-0.3, -0.25) is 4.98 Å². The van der Waals surface area contributed by atoms with Gasteiger partial charge in [0.1, 0.15) is 11.4 Å². The van der Waals surface area contributed by atoms with Crippen LogP contribution in [0.2, 0.25) is 5.02 Å². The number of halogens is 1. The van der Waals surface area contributed by atoms with Gasteiger partial charge in [0.2, 0.25) is 5.88 Å². The summed E-state index contributed by atoms with van der Waals surface area (Å²) in [6, 6.07) is 12.9. The second-order valence-corrected chi connectivity index (χ2v) is 6.84. The molecule has 3 heterocycles. The van der Waals surface area contributed by atoms with E-state index in [4.69, 9.17) is 22.1 Å². The number of pyridine rings is 1. The van der Waals surface area contributed by atoms with E-state index >= 15 is 0 Å². The van der Waals surface area contributed by atoms with Crippen molar-refractivity contribution in [3.63, 3.8) is 0 Å². The number of hydrogen-bond donors (Lipinski definition) is 1. The molecule has 3 aromatic heterocycles. The third kappa shape index (κ3) is 4.26. The molecule has 8 heteroatoms. The maximum absolute atomic E-state index is 6.21. The van der Waals surface area contributed by atoms with Gasteiger partial charge in [0.15, 0.2) is 5.82 Å². The Kier molecular flexibility index (Phi) is 5.50. The fourth-order valence-electron chi connectivity index (χ4n) is 2.85. The highest BCUT2D eigenvalue weighted by atomic mass is 35.5. The van der Waals surface area contributed by atoms with E-state index in [-0.39, 0.29) is 0 Å². The van der Waals surface area contributed by atoms with Crippen LogP contribution in [0.3, 0.4) is 0 Å². The van der Waals surface area contributed by atoms with E-state index in [1.165, 1.54) is 0 Å². The zero-order chi connectivity index (χ0) is 20.2. The van der Waals surface area contributed by atoms with Crippen LogP contribution in [0.4, 0.5) is 0 Å². The average Bonchev–Trinajstić information content (AvgIpc) is 3.10. The van der Waals surface area contributed by atoms with Gasteiger partial charge in [-0.1, -0.05) is 17.7 Å². The summed E-state index contributed by atoms with van der Waals surface area (Å²) in [6.45, 7) is 0.553. The van der Waals surface area contributed by atoms with Gasteiger partial charge in [-0.2, -0.15) is 5.10 Å². The number of nitrogens with two attached hydrogens (primary N) is 1. The maximum atomic E-state index is 6.21. The van der Waals surface area contributed by atoms with Gasteiger partial charge < -0.3 is 10.5 Å². The maximum Gasteiger partial charge on any atom is 0.218 e. The van der Waals surface area contributed by atoms with Gasteiger partial charge in [-0.05, 0) is 42.8 Å². The number of aromatic nitrogens is 5. The first kappa shape index (κ1) is 19.0. The topological polar surface area (TPSA) is 91.7 Å². The normalized spacial score (nSPS) is 10.9. The van der Waals surface area contributed by atoms with E-state index in [9.17, 15) is 0 Å². The van der Waals surface area contributed by atoms with Crippen LogP contribution in [0, 0.1) is 0 Å². The largest absolute Gasteiger partial charge is 0.438 e. The summed E-state index contributed by atoms with van der Waals surface area (Å²) in [7, 11) is 1.81. The molecule has 29 heavy (non-hydrogen) atoms. The van der Waals surface area contributed by atoms with Crippen LogP contribution in [0.1, 0.15) is 5.56 Å². The minimum absolute atomic E-state index is 0.541. The number of hydrogen-bond acceptors (Lipinski definition) is 6. The van der Waals surface area contributed by atoms with E-state index in [1.54, 1.807) is 35.4 Å². The first-order valence-corrected chi connectivity index (χ1v) is 9.46. The van der Waals surface area contributed by atoms with Crippen molar-refractivity contribution in [3.8, 4) is 34.4 Å². The van der Waals surface area contributed by atoms with E-state index in [0.717, 1.165) is 23.2 Å². The highest BCUT2D eigenvalue weighted by Crippen LogP contribution is 2.34. The molecule has 0 saturated carbocycles. The Hall–Kier alpha value is -3.29. The average molecular weight is 407 g/mol. The molecule has 0 unspecified atom stereocenters. The molecule has 0 radical (unpaired) electrons.